The fourth-order valence-corrected chi connectivity index (χ4v) is 2.09. The molecule has 3 nitrogen and oxygen atoms in total. The van der Waals surface area contributed by atoms with Gasteiger partial charge in [-0.15, -0.1) is 0 Å². The summed E-state index contributed by atoms with van der Waals surface area (Å²) in [5, 5.41) is 9.33. The summed E-state index contributed by atoms with van der Waals surface area (Å²) in [6.45, 7) is 6.00. The van der Waals surface area contributed by atoms with Crippen LogP contribution in [0.25, 0.3) is 0 Å². The number of pyridine rings is 1. The normalized spacial score (nSPS) is 11.5. The summed E-state index contributed by atoms with van der Waals surface area (Å²) in [4.78, 5) is 14.3. The van der Waals surface area contributed by atoms with E-state index in [9.17, 15) is 9.90 Å². The molecule has 0 spiro atoms. The highest BCUT2D eigenvalue weighted by atomic mass is 16.3. The van der Waals surface area contributed by atoms with Crippen molar-refractivity contribution in [2.24, 2.45) is 0 Å². The van der Waals surface area contributed by atoms with Crippen LogP contribution in [0.15, 0.2) is 41.2 Å². The summed E-state index contributed by atoms with van der Waals surface area (Å²) in [5.74, 6) is 0.247. The Morgan fingerprint density at radius 3 is 2.22 bits per heavy atom. The molecular formula is C15H17NO2. The number of hydrogen-bond donors (Lipinski definition) is 2. The van der Waals surface area contributed by atoms with Crippen LogP contribution in [0.1, 0.15) is 30.7 Å². The van der Waals surface area contributed by atoms with Gasteiger partial charge in [0.05, 0.1) is 0 Å². The van der Waals surface area contributed by atoms with Crippen LogP contribution in [0.2, 0.25) is 0 Å². The molecule has 2 aromatic rings. The Labute approximate surface area is 106 Å². The third-order valence-corrected chi connectivity index (χ3v) is 3.29. The van der Waals surface area contributed by atoms with Gasteiger partial charge in [0.1, 0.15) is 5.75 Å². The zero-order valence-electron chi connectivity index (χ0n) is 10.8. The van der Waals surface area contributed by atoms with Crippen molar-refractivity contribution in [1.82, 2.24) is 4.98 Å². The van der Waals surface area contributed by atoms with E-state index in [1.165, 1.54) is 0 Å². The summed E-state index contributed by atoms with van der Waals surface area (Å²) >= 11 is 0. The smallest absolute Gasteiger partial charge is 0.248 e. The lowest BCUT2D eigenvalue weighted by Gasteiger charge is -2.26. The number of H-pyrrole nitrogens is 1. The van der Waals surface area contributed by atoms with E-state index in [4.69, 9.17) is 0 Å². The lowest BCUT2D eigenvalue weighted by Crippen LogP contribution is -2.22. The Hall–Kier alpha value is -2.03. The molecule has 0 aliphatic rings. The zero-order chi connectivity index (χ0) is 13.3. The number of aromatic amines is 1. The summed E-state index contributed by atoms with van der Waals surface area (Å²) in [5.41, 5.74) is 2.52. The number of aromatic hydroxyl groups is 1. The molecule has 0 atom stereocenters. The maximum absolute atomic E-state index is 11.5. The van der Waals surface area contributed by atoms with Gasteiger partial charge in [-0.2, -0.15) is 0 Å². The number of phenolic OH excluding ortho intramolecular Hbond substituents is 1. The topological polar surface area (TPSA) is 53.1 Å². The molecule has 0 saturated heterocycles. The molecule has 0 fully saturated rings. The van der Waals surface area contributed by atoms with E-state index in [-0.39, 0.29) is 16.7 Å². The van der Waals surface area contributed by atoms with Gasteiger partial charge in [-0.1, -0.05) is 26.0 Å². The third kappa shape index (κ3) is 2.30. The van der Waals surface area contributed by atoms with Gasteiger partial charge in [0, 0.05) is 17.2 Å². The molecule has 0 aliphatic carbocycles. The van der Waals surface area contributed by atoms with Crippen molar-refractivity contribution in [3.05, 3.63) is 63.6 Å². The number of aromatic nitrogens is 1. The molecule has 1 aromatic heterocycles. The van der Waals surface area contributed by atoms with E-state index in [0.717, 1.165) is 16.8 Å². The molecule has 2 N–H and O–H groups in total. The van der Waals surface area contributed by atoms with E-state index in [0.29, 0.717) is 0 Å². The molecule has 0 saturated carbocycles. The minimum Gasteiger partial charge on any atom is -0.508 e. The second-order valence-corrected chi connectivity index (χ2v) is 5.09. The summed E-state index contributed by atoms with van der Waals surface area (Å²) < 4.78 is 0. The summed E-state index contributed by atoms with van der Waals surface area (Å²) in [7, 11) is 0. The van der Waals surface area contributed by atoms with Crippen LogP contribution in [0, 0.1) is 6.92 Å². The quantitative estimate of drug-likeness (QED) is 0.852. The molecule has 94 valence electrons. The molecular weight excluding hydrogens is 226 g/mol. The largest absolute Gasteiger partial charge is 0.508 e. The van der Waals surface area contributed by atoms with Crippen molar-refractivity contribution in [3.8, 4) is 5.75 Å². The average Bonchev–Trinajstić information content (AvgIpc) is 2.28. The monoisotopic (exact) mass is 243 g/mol. The predicted molar refractivity (Wildman–Crippen MR) is 72.0 cm³/mol. The molecule has 1 aromatic carbocycles. The van der Waals surface area contributed by atoms with Crippen LogP contribution in [-0.4, -0.2) is 10.1 Å². The first-order chi connectivity index (χ1) is 8.39. The molecule has 0 amide bonds. The SMILES string of the molecule is Cc1cc(C(C)(C)c2ccc(O)cc2)cc(=O)[nH]1. The molecule has 0 bridgehead atoms. The van der Waals surface area contributed by atoms with E-state index >= 15 is 0 Å². The van der Waals surface area contributed by atoms with Gasteiger partial charge < -0.3 is 10.1 Å². The lowest BCUT2D eigenvalue weighted by molar-refractivity contribution is 0.474. The Balaban J connectivity index is 2.53. The fourth-order valence-electron chi connectivity index (χ4n) is 2.09. The maximum atomic E-state index is 11.5. The zero-order valence-corrected chi connectivity index (χ0v) is 10.8. The van der Waals surface area contributed by atoms with Crippen LogP contribution in [-0.2, 0) is 5.41 Å². The Bertz CT molecular complexity index is 609. The van der Waals surface area contributed by atoms with Gasteiger partial charge in [0.25, 0.3) is 0 Å². The van der Waals surface area contributed by atoms with Crippen molar-refractivity contribution >= 4 is 0 Å². The first kappa shape index (κ1) is 12.4. The highest BCUT2D eigenvalue weighted by Gasteiger charge is 2.23. The minimum atomic E-state index is -0.271. The van der Waals surface area contributed by atoms with Crippen LogP contribution in [0.3, 0.4) is 0 Å². The number of phenols is 1. The molecule has 0 radical (unpaired) electrons. The van der Waals surface area contributed by atoms with Gasteiger partial charge in [-0.25, -0.2) is 0 Å². The van der Waals surface area contributed by atoms with Crippen molar-refractivity contribution in [1.29, 1.82) is 0 Å². The van der Waals surface area contributed by atoms with Crippen molar-refractivity contribution in [2.45, 2.75) is 26.2 Å². The summed E-state index contributed by atoms with van der Waals surface area (Å²) in [6.07, 6.45) is 0. The lowest BCUT2D eigenvalue weighted by atomic mass is 9.78. The van der Waals surface area contributed by atoms with Gasteiger partial charge in [0.2, 0.25) is 5.56 Å². The van der Waals surface area contributed by atoms with Crippen LogP contribution >= 0.6 is 0 Å². The van der Waals surface area contributed by atoms with Gasteiger partial charge >= 0.3 is 0 Å². The van der Waals surface area contributed by atoms with Crippen molar-refractivity contribution in [3.63, 3.8) is 0 Å². The van der Waals surface area contributed by atoms with Crippen LogP contribution < -0.4 is 5.56 Å². The highest BCUT2D eigenvalue weighted by Crippen LogP contribution is 2.31. The Morgan fingerprint density at radius 2 is 1.67 bits per heavy atom. The molecule has 2 rings (SSSR count). The minimum absolute atomic E-state index is 0.0862. The molecule has 1 heterocycles. The van der Waals surface area contributed by atoms with Gasteiger partial charge in [-0.05, 0) is 36.2 Å². The van der Waals surface area contributed by atoms with Crippen LogP contribution in [0.5, 0.6) is 5.75 Å². The second-order valence-electron chi connectivity index (χ2n) is 5.09. The van der Waals surface area contributed by atoms with Crippen molar-refractivity contribution < 1.29 is 5.11 Å². The first-order valence-corrected chi connectivity index (χ1v) is 5.90. The molecule has 3 heteroatoms. The van der Waals surface area contributed by atoms with Gasteiger partial charge in [-0.3, -0.25) is 4.79 Å². The first-order valence-electron chi connectivity index (χ1n) is 5.90. The molecule has 0 aliphatic heterocycles. The van der Waals surface area contributed by atoms with E-state index < -0.39 is 0 Å². The van der Waals surface area contributed by atoms with E-state index in [1.54, 1.807) is 18.2 Å². The number of aryl methyl sites for hydroxylation is 1. The number of nitrogens with one attached hydrogen (secondary N) is 1. The standard InChI is InChI=1S/C15H17NO2/c1-10-8-12(9-14(18)16-10)15(2,3)11-4-6-13(17)7-5-11/h4-9,17H,1-3H3,(H,16,18). The predicted octanol–water partition coefficient (Wildman–Crippen LogP) is 2.71. The Morgan fingerprint density at radius 1 is 1.06 bits per heavy atom. The Kier molecular flexibility index (Phi) is 2.99. The average molecular weight is 243 g/mol. The molecule has 0 unspecified atom stereocenters. The summed E-state index contributed by atoms with van der Waals surface area (Å²) in [6, 6.07) is 10.7. The number of rotatable bonds is 2. The number of benzene rings is 1. The number of hydrogen-bond acceptors (Lipinski definition) is 2. The molecule has 18 heavy (non-hydrogen) atoms. The highest BCUT2D eigenvalue weighted by molar-refractivity contribution is 5.39. The fraction of sp³-hybridized carbons (Fsp3) is 0.267. The van der Waals surface area contributed by atoms with E-state index in [2.05, 4.69) is 18.8 Å². The van der Waals surface area contributed by atoms with Crippen LogP contribution in [0.4, 0.5) is 0 Å². The van der Waals surface area contributed by atoms with E-state index in [1.807, 2.05) is 25.1 Å². The van der Waals surface area contributed by atoms with Crippen molar-refractivity contribution in [2.75, 3.05) is 0 Å². The van der Waals surface area contributed by atoms with Gasteiger partial charge in [0.15, 0.2) is 0 Å². The third-order valence-electron chi connectivity index (χ3n) is 3.29. The second kappa shape index (κ2) is 4.33. The maximum Gasteiger partial charge on any atom is 0.248 e.